The van der Waals surface area contributed by atoms with Crippen LogP contribution < -0.4 is 10.2 Å². The monoisotopic (exact) mass is 164 g/mol. The second-order valence-electron chi connectivity index (χ2n) is 2.61. The van der Waals surface area contributed by atoms with Crippen molar-refractivity contribution in [3.8, 4) is 5.75 Å². The second kappa shape index (κ2) is 3.17. The van der Waals surface area contributed by atoms with E-state index < -0.39 is 7.12 Å². The molecule has 0 atom stereocenters. The van der Waals surface area contributed by atoms with Crippen molar-refractivity contribution in [3.05, 3.63) is 24.3 Å². The molecule has 0 aliphatic carbocycles. The van der Waals surface area contributed by atoms with Crippen molar-refractivity contribution in [2.75, 3.05) is 13.2 Å². The van der Waals surface area contributed by atoms with Crippen LogP contribution in [0.4, 0.5) is 0 Å². The lowest BCUT2D eigenvalue weighted by molar-refractivity contribution is 0.210. The van der Waals surface area contributed by atoms with Gasteiger partial charge in [-0.25, -0.2) is 0 Å². The molecule has 0 amide bonds. The Morgan fingerprint density at radius 2 is 2.08 bits per heavy atom. The maximum atomic E-state index is 9.44. The van der Waals surface area contributed by atoms with Crippen molar-refractivity contribution in [1.82, 2.24) is 0 Å². The Hall–Kier alpha value is -0.995. The zero-order valence-corrected chi connectivity index (χ0v) is 6.56. The minimum Gasteiger partial charge on any atom is -0.492 e. The predicted octanol–water partition coefficient (Wildman–Crippen LogP) is -0.217. The molecular formula is C8H9BO3. The normalized spacial score (nSPS) is 16.2. The Morgan fingerprint density at radius 3 is 3.00 bits per heavy atom. The lowest BCUT2D eigenvalue weighted by atomic mass is 9.79. The third-order valence-electron chi connectivity index (χ3n) is 1.80. The Morgan fingerprint density at radius 1 is 1.25 bits per heavy atom. The SMILES string of the molecule is OB1OCCOc2ccccc21. The van der Waals surface area contributed by atoms with Crippen LogP contribution in [0.3, 0.4) is 0 Å². The molecule has 1 N–H and O–H groups in total. The van der Waals surface area contributed by atoms with Gasteiger partial charge in [-0.3, -0.25) is 0 Å². The summed E-state index contributed by atoms with van der Waals surface area (Å²) in [5.41, 5.74) is 0.704. The van der Waals surface area contributed by atoms with Crippen LogP contribution in [-0.4, -0.2) is 25.4 Å². The summed E-state index contributed by atoms with van der Waals surface area (Å²) >= 11 is 0. The molecule has 0 fully saturated rings. The fraction of sp³-hybridized carbons (Fsp3) is 0.250. The summed E-state index contributed by atoms with van der Waals surface area (Å²) in [4.78, 5) is 0. The summed E-state index contributed by atoms with van der Waals surface area (Å²) < 4.78 is 10.4. The van der Waals surface area contributed by atoms with Crippen molar-refractivity contribution >= 4 is 12.6 Å². The van der Waals surface area contributed by atoms with E-state index in [0.29, 0.717) is 24.4 Å². The van der Waals surface area contributed by atoms with Gasteiger partial charge >= 0.3 is 7.12 Å². The molecule has 12 heavy (non-hydrogen) atoms. The van der Waals surface area contributed by atoms with Crippen LogP contribution in [0.15, 0.2) is 24.3 Å². The average molecular weight is 164 g/mol. The van der Waals surface area contributed by atoms with Crippen LogP contribution in [0.25, 0.3) is 0 Å². The molecule has 62 valence electrons. The maximum Gasteiger partial charge on any atom is 0.495 e. The second-order valence-corrected chi connectivity index (χ2v) is 2.61. The quantitative estimate of drug-likeness (QED) is 0.539. The minimum atomic E-state index is -0.844. The van der Waals surface area contributed by atoms with Crippen LogP contribution in [0.5, 0.6) is 5.75 Å². The molecule has 1 aromatic carbocycles. The first-order valence-electron chi connectivity index (χ1n) is 3.89. The van der Waals surface area contributed by atoms with E-state index in [1.807, 2.05) is 18.2 Å². The summed E-state index contributed by atoms with van der Waals surface area (Å²) in [5, 5.41) is 9.44. The van der Waals surface area contributed by atoms with Crippen LogP contribution in [0.1, 0.15) is 0 Å². The van der Waals surface area contributed by atoms with Gasteiger partial charge in [-0.2, -0.15) is 0 Å². The Bertz CT molecular complexity index is 277. The molecule has 0 aromatic heterocycles. The van der Waals surface area contributed by atoms with Gasteiger partial charge in [0.15, 0.2) is 0 Å². The van der Waals surface area contributed by atoms with Gasteiger partial charge in [0.25, 0.3) is 0 Å². The molecule has 1 aromatic rings. The van der Waals surface area contributed by atoms with E-state index in [0.717, 1.165) is 0 Å². The molecule has 2 rings (SSSR count). The van der Waals surface area contributed by atoms with E-state index in [4.69, 9.17) is 9.39 Å². The highest BCUT2D eigenvalue weighted by Crippen LogP contribution is 2.09. The number of hydrogen-bond acceptors (Lipinski definition) is 3. The first-order valence-corrected chi connectivity index (χ1v) is 3.89. The topological polar surface area (TPSA) is 38.7 Å². The lowest BCUT2D eigenvalue weighted by Crippen LogP contribution is -2.32. The van der Waals surface area contributed by atoms with Gasteiger partial charge in [-0.1, -0.05) is 18.2 Å². The molecular weight excluding hydrogens is 155 g/mol. The van der Waals surface area contributed by atoms with Gasteiger partial charge < -0.3 is 14.4 Å². The Labute approximate surface area is 71.1 Å². The van der Waals surface area contributed by atoms with Crippen molar-refractivity contribution in [3.63, 3.8) is 0 Å². The lowest BCUT2D eigenvalue weighted by Gasteiger charge is -2.05. The molecule has 3 nitrogen and oxygen atoms in total. The van der Waals surface area contributed by atoms with E-state index in [1.165, 1.54) is 0 Å². The summed E-state index contributed by atoms with van der Waals surface area (Å²) in [5.74, 6) is 0.711. The minimum absolute atomic E-state index is 0.426. The largest absolute Gasteiger partial charge is 0.495 e. The fourth-order valence-corrected chi connectivity index (χ4v) is 1.22. The summed E-state index contributed by atoms with van der Waals surface area (Å²) in [7, 11) is -0.844. The molecule has 0 radical (unpaired) electrons. The van der Waals surface area contributed by atoms with E-state index in [2.05, 4.69) is 0 Å². The summed E-state index contributed by atoms with van der Waals surface area (Å²) in [6, 6.07) is 7.34. The standard InChI is InChI=1S/C8H9BO3/c10-9-7-3-1-2-4-8(7)11-5-6-12-9/h1-4,10H,5-6H2. The molecule has 1 heterocycles. The zero-order chi connectivity index (χ0) is 8.39. The molecule has 1 aliphatic heterocycles. The van der Waals surface area contributed by atoms with Crippen LogP contribution >= 0.6 is 0 Å². The predicted molar refractivity (Wildman–Crippen MR) is 45.5 cm³/mol. The van der Waals surface area contributed by atoms with E-state index in [9.17, 15) is 5.02 Å². The highest BCUT2D eigenvalue weighted by molar-refractivity contribution is 6.61. The highest BCUT2D eigenvalue weighted by Gasteiger charge is 2.23. The maximum absolute atomic E-state index is 9.44. The van der Waals surface area contributed by atoms with Crippen molar-refractivity contribution < 1.29 is 14.4 Å². The third-order valence-corrected chi connectivity index (χ3v) is 1.80. The van der Waals surface area contributed by atoms with Crippen LogP contribution in [-0.2, 0) is 4.65 Å². The Balaban J connectivity index is 2.39. The molecule has 4 heteroatoms. The highest BCUT2D eigenvalue weighted by atomic mass is 16.6. The first-order chi connectivity index (χ1) is 5.88. The van der Waals surface area contributed by atoms with Gasteiger partial charge in [-0.05, 0) is 6.07 Å². The van der Waals surface area contributed by atoms with Crippen LogP contribution in [0, 0.1) is 0 Å². The molecule has 0 saturated heterocycles. The van der Waals surface area contributed by atoms with Crippen molar-refractivity contribution in [1.29, 1.82) is 0 Å². The average Bonchev–Trinajstić information content (AvgIpc) is 2.29. The number of para-hydroxylation sites is 1. The van der Waals surface area contributed by atoms with Gasteiger partial charge in [0.1, 0.15) is 12.4 Å². The van der Waals surface area contributed by atoms with Crippen molar-refractivity contribution in [2.24, 2.45) is 0 Å². The molecule has 1 aliphatic rings. The number of hydrogen-bond donors (Lipinski definition) is 1. The molecule has 0 bridgehead atoms. The first kappa shape index (κ1) is 7.64. The summed E-state index contributed by atoms with van der Waals surface area (Å²) in [6.07, 6.45) is 0. The molecule has 0 spiro atoms. The summed E-state index contributed by atoms with van der Waals surface area (Å²) in [6.45, 7) is 0.921. The smallest absolute Gasteiger partial charge is 0.492 e. The van der Waals surface area contributed by atoms with Gasteiger partial charge in [0.05, 0.1) is 6.61 Å². The molecule has 0 unspecified atom stereocenters. The Kier molecular flexibility index (Phi) is 2.02. The van der Waals surface area contributed by atoms with E-state index >= 15 is 0 Å². The number of benzene rings is 1. The molecule has 0 saturated carbocycles. The van der Waals surface area contributed by atoms with Gasteiger partial charge in [0.2, 0.25) is 0 Å². The van der Waals surface area contributed by atoms with E-state index in [1.54, 1.807) is 6.07 Å². The number of fused-ring (bicyclic) bond motifs is 1. The van der Waals surface area contributed by atoms with Gasteiger partial charge in [0, 0.05) is 5.46 Å². The zero-order valence-electron chi connectivity index (χ0n) is 6.56. The van der Waals surface area contributed by atoms with Gasteiger partial charge in [-0.15, -0.1) is 0 Å². The number of ether oxygens (including phenoxy) is 1. The van der Waals surface area contributed by atoms with Crippen molar-refractivity contribution in [2.45, 2.75) is 0 Å². The van der Waals surface area contributed by atoms with E-state index in [-0.39, 0.29) is 0 Å². The van der Waals surface area contributed by atoms with Crippen LogP contribution in [0.2, 0.25) is 0 Å². The number of rotatable bonds is 0. The fourth-order valence-electron chi connectivity index (χ4n) is 1.22. The third kappa shape index (κ3) is 1.31.